The number of hydrogen-bond acceptors (Lipinski definition) is 2. The van der Waals surface area contributed by atoms with Gasteiger partial charge in [-0.3, -0.25) is 9.59 Å². The van der Waals surface area contributed by atoms with Gasteiger partial charge in [0, 0.05) is 11.3 Å². The summed E-state index contributed by atoms with van der Waals surface area (Å²) in [6.45, 7) is 3.93. The van der Waals surface area contributed by atoms with Crippen molar-refractivity contribution < 1.29 is 9.59 Å². The monoisotopic (exact) mass is 267 g/mol. The summed E-state index contributed by atoms with van der Waals surface area (Å²) in [5.41, 5.74) is 3.44. The third-order valence-electron chi connectivity index (χ3n) is 3.07. The number of amides is 1. The van der Waals surface area contributed by atoms with Gasteiger partial charge in [-0.1, -0.05) is 48.0 Å². The first kappa shape index (κ1) is 14.0. The molecule has 0 heterocycles. The van der Waals surface area contributed by atoms with E-state index in [2.05, 4.69) is 5.32 Å². The molecule has 0 aliphatic carbocycles. The molecule has 0 radical (unpaired) electrons. The van der Waals surface area contributed by atoms with Gasteiger partial charge in [0.1, 0.15) is 0 Å². The third-order valence-corrected chi connectivity index (χ3v) is 3.07. The molecule has 0 fully saturated rings. The van der Waals surface area contributed by atoms with Crippen LogP contribution in [0.3, 0.4) is 0 Å². The molecule has 0 aromatic heterocycles. The molecular formula is C17H17NO2. The van der Waals surface area contributed by atoms with Crippen LogP contribution in [0.25, 0.3) is 0 Å². The highest BCUT2D eigenvalue weighted by atomic mass is 16.2. The summed E-state index contributed by atoms with van der Waals surface area (Å²) in [4.78, 5) is 23.8. The zero-order valence-electron chi connectivity index (χ0n) is 11.6. The molecule has 1 N–H and O–H groups in total. The normalized spacial score (nSPS) is 10.1. The van der Waals surface area contributed by atoms with Crippen molar-refractivity contribution in [2.45, 2.75) is 20.3 Å². The number of anilines is 1. The standard InChI is InChI=1S/C17H17NO2/c1-12-8-9-15(13(2)10-12)18-17(20)11-16(19)14-6-4-3-5-7-14/h3-10H,11H2,1-2H3,(H,18,20). The van der Waals surface area contributed by atoms with Crippen molar-refractivity contribution in [1.82, 2.24) is 0 Å². The van der Waals surface area contributed by atoms with Crippen LogP contribution in [0.1, 0.15) is 27.9 Å². The second kappa shape index (κ2) is 6.15. The number of aryl methyl sites for hydroxylation is 2. The van der Waals surface area contributed by atoms with Crippen LogP contribution < -0.4 is 5.32 Å². The first-order valence-corrected chi connectivity index (χ1v) is 6.51. The van der Waals surface area contributed by atoms with E-state index in [-0.39, 0.29) is 18.1 Å². The van der Waals surface area contributed by atoms with Gasteiger partial charge in [0.2, 0.25) is 5.91 Å². The van der Waals surface area contributed by atoms with Gasteiger partial charge in [-0.15, -0.1) is 0 Å². The predicted molar refractivity (Wildman–Crippen MR) is 79.9 cm³/mol. The molecule has 3 nitrogen and oxygen atoms in total. The Morgan fingerprint density at radius 2 is 1.70 bits per heavy atom. The lowest BCUT2D eigenvalue weighted by atomic mass is 10.1. The van der Waals surface area contributed by atoms with Gasteiger partial charge in [-0.05, 0) is 25.5 Å². The van der Waals surface area contributed by atoms with Gasteiger partial charge in [0.25, 0.3) is 0 Å². The zero-order chi connectivity index (χ0) is 14.5. The van der Waals surface area contributed by atoms with Crippen molar-refractivity contribution in [3.8, 4) is 0 Å². The number of hydrogen-bond donors (Lipinski definition) is 1. The largest absolute Gasteiger partial charge is 0.325 e. The van der Waals surface area contributed by atoms with Crippen LogP contribution >= 0.6 is 0 Å². The maximum atomic E-state index is 11.9. The van der Waals surface area contributed by atoms with E-state index in [1.54, 1.807) is 24.3 Å². The molecule has 3 heteroatoms. The summed E-state index contributed by atoms with van der Waals surface area (Å²) in [5.74, 6) is -0.460. The van der Waals surface area contributed by atoms with Crippen LogP contribution in [0.15, 0.2) is 48.5 Å². The van der Waals surface area contributed by atoms with Crippen molar-refractivity contribution in [2.75, 3.05) is 5.32 Å². The molecule has 0 unspecified atom stereocenters. The van der Waals surface area contributed by atoms with Gasteiger partial charge < -0.3 is 5.32 Å². The fourth-order valence-corrected chi connectivity index (χ4v) is 2.02. The molecule has 0 saturated carbocycles. The van der Waals surface area contributed by atoms with Gasteiger partial charge in [0.15, 0.2) is 5.78 Å². The van der Waals surface area contributed by atoms with E-state index < -0.39 is 0 Å². The summed E-state index contributed by atoms with van der Waals surface area (Å²) < 4.78 is 0. The van der Waals surface area contributed by atoms with Crippen LogP contribution in [0.2, 0.25) is 0 Å². The lowest BCUT2D eigenvalue weighted by Crippen LogP contribution is -2.17. The average Bonchev–Trinajstić information content (AvgIpc) is 2.43. The second-order valence-corrected chi connectivity index (χ2v) is 4.83. The Labute approximate surface area is 118 Å². The highest BCUT2D eigenvalue weighted by Gasteiger charge is 2.12. The molecule has 0 saturated heterocycles. The Balaban J connectivity index is 2.01. The van der Waals surface area contributed by atoms with Crippen LogP contribution in [0.4, 0.5) is 5.69 Å². The molecule has 1 amide bonds. The zero-order valence-corrected chi connectivity index (χ0v) is 11.6. The van der Waals surface area contributed by atoms with E-state index in [1.165, 1.54) is 0 Å². The first-order valence-electron chi connectivity index (χ1n) is 6.51. The molecule has 0 spiro atoms. The van der Waals surface area contributed by atoms with Gasteiger partial charge in [-0.2, -0.15) is 0 Å². The minimum atomic E-state index is -0.286. The van der Waals surface area contributed by atoms with Crippen LogP contribution in [0, 0.1) is 13.8 Å². The topological polar surface area (TPSA) is 46.2 Å². The van der Waals surface area contributed by atoms with Crippen molar-refractivity contribution in [3.05, 3.63) is 65.2 Å². The number of ketones is 1. The average molecular weight is 267 g/mol. The van der Waals surface area contributed by atoms with E-state index in [4.69, 9.17) is 0 Å². The van der Waals surface area contributed by atoms with Gasteiger partial charge in [-0.25, -0.2) is 0 Å². The molecule has 0 aliphatic heterocycles. The molecule has 2 aromatic carbocycles. The maximum Gasteiger partial charge on any atom is 0.232 e. The summed E-state index contributed by atoms with van der Waals surface area (Å²) in [6, 6.07) is 14.6. The second-order valence-electron chi connectivity index (χ2n) is 4.83. The smallest absolute Gasteiger partial charge is 0.232 e. The van der Waals surface area contributed by atoms with Crippen molar-refractivity contribution in [3.63, 3.8) is 0 Å². The molecule has 0 aliphatic rings. The number of rotatable bonds is 4. The molecule has 20 heavy (non-hydrogen) atoms. The number of nitrogens with one attached hydrogen (secondary N) is 1. The molecule has 102 valence electrons. The molecule has 0 bridgehead atoms. The molecular weight excluding hydrogens is 250 g/mol. The Bertz CT molecular complexity index is 633. The van der Waals surface area contributed by atoms with Crippen LogP contribution in [0.5, 0.6) is 0 Å². The van der Waals surface area contributed by atoms with E-state index >= 15 is 0 Å². The SMILES string of the molecule is Cc1ccc(NC(=O)CC(=O)c2ccccc2)c(C)c1. The highest BCUT2D eigenvalue weighted by Crippen LogP contribution is 2.16. The highest BCUT2D eigenvalue weighted by molar-refractivity contribution is 6.11. The quantitative estimate of drug-likeness (QED) is 0.680. The van der Waals surface area contributed by atoms with Gasteiger partial charge >= 0.3 is 0 Å². The van der Waals surface area contributed by atoms with E-state index in [9.17, 15) is 9.59 Å². The lowest BCUT2D eigenvalue weighted by Gasteiger charge is -2.08. The first-order chi connectivity index (χ1) is 9.56. The lowest BCUT2D eigenvalue weighted by molar-refractivity contribution is -0.115. The van der Waals surface area contributed by atoms with Crippen LogP contribution in [-0.4, -0.2) is 11.7 Å². The number of carbonyl (C=O) groups is 2. The maximum absolute atomic E-state index is 11.9. The van der Waals surface area contributed by atoms with E-state index in [0.29, 0.717) is 5.56 Å². The Hall–Kier alpha value is -2.42. The fourth-order valence-electron chi connectivity index (χ4n) is 2.02. The Kier molecular flexibility index (Phi) is 4.31. The predicted octanol–water partition coefficient (Wildman–Crippen LogP) is 3.51. The molecule has 2 aromatic rings. The minimum absolute atomic E-state index is 0.142. The van der Waals surface area contributed by atoms with Crippen molar-refractivity contribution in [1.29, 1.82) is 0 Å². The summed E-state index contributed by atoms with van der Waals surface area (Å²) >= 11 is 0. The summed E-state index contributed by atoms with van der Waals surface area (Å²) in [5, 5.41) is 2.78. The Morgan fingerprint density at radius 1 is 1.00 bits per heavy atom. The van der Waals surface area contributed by atoms with Crippen molar-refractivity contribution >= 4 is 17.4 Å². The number of carbonyl (C=O) groups excluding carboxylic acids is 2. The van der Waals surface area contributed by atoms with Crippen LogP contribution in [-0.2, 0) is 4.79 Å². The number of Topliss-reactive ketones (excluding diaryl/α,β-unsaturated/α-hetero) is 1. The fraction of sp³-hybridized carbons (Fsp3) is 0.176. The van der Waals surface area contributed by atoms with E-state index in [0.717, 1.165) is 16.8 Å². The van der Waals surface area contributed by atoms with Gasteiger partial charge in [0.05, 0.1) is 6.42 Å². The third kappa shape index (κ3) is 3.54. The number of benzene rings is 2. The Morgan fingerprint density at radius 3 is 2.35 bits per heavy atom. The molecule has 2 rings (SSSR count). The van der Waals surface area contributed by atoms with E-state index in [1.807, 2.05) is 38.1 Å². The summed E-state index contributed by atoms with van der Waals surface area (Å²) in [7, 11) is 0. The molecule has 0 atom stereocenters. The minimum Gasteiger partial charge on any atom is -0.325 e. The summed E-state index contributed by atoms with van der Waals surface area (Å²) in [6.07, 6.45) is -0.142. The van der Waals surface area contributed by atoms with Crippen molar-refractivity contribution in [2.24, 2.45) is 0 Å².